The average Bonchev–Trinajstić information content (AvgIpc) is 2.37. The molecule has 1 heterocycles. The summed E-state index contributed by atoms with van der Waals surface area (Å²) in [4.78, 5) is 0. The average molecular weight is 256 g/mol. The van der Waals surface area contributed by atoms with Crippen molar-refractivity contribution in [3.63, 3.8) is 0 Å². The lowest BCUT2D eigenvalue weighted by Crippen LogP contribution is -2.34. The monoisotopic (exact) mass is 256 g/mol. The van der Waals surface area contributed by atoms with Crippen molar-refractivity contribution in [3.05, 3.63) is 6.92 Å². The first-order valence-corrected chi connectivity index (χ1v) is 7.47. The maximum Gasteiger partial charge on any atom is 0.119 e. The van der Waals surface area contributed by atoms with Crippen LogP contribution in [-0.4, -0.2) is 32.0 Å². The molecule has 1 fully saturated rings. The molecule has 106 valence electrons. The molecule has 0 saturated carbocycles. The summed E-state index contributed by atoms with van der Waals surface area (Å²) in [5, 5.41) is 11.2. The molecule has 0 aromatic heterocycles. The van der Waals surface area contributed by atoms with Crippen molar-refractivity contribution < 1.29 is 14.6 Å². The first kappa shape index (κ1) is 15.9. The van der Waals surface area contributed by atoms with E-state index in [0.29, 0.717) is 19.6 Å². The van der Waals surface area contributed by atoms with Gasteiger partial charge in [-0.25, -0.2) is 5.11 Å². The molecule has 0 aliphatic carbocycles. The van der Waals surface area contributed by atoms with Gasteiger partial charge in [-0.2, -0.15) is 0 Å². The van der Waals surface area contributed by atoms with Gasteiger partial charge < -0.3 is 9.47 Å². The SMILES string of the molecule is [CH2]CCCCCCCCCOC1COCC([O])C1. The molecule has 0 amide bonds. The quantitative estimate of drug-likeness (QED) is 0.561. The fourth-order valence-corrected chi connectivity index (χ4v) is 2.29. The zero-order valence-corrected chi connectivity index (χ0v) is 11.6. The van der Waals surface area contributed by atoms with Crippen LogP contribution in [0.3, 0.4) is 0 Å². The van der Waals surface area contributed by atoms with Crippen LogP contribution < -0.4 is 0 Å². The van der Waals surface area contributed by atoms with E-state index < -0.39 is 6.10 Å². The first-order chi connectivity index (χ1) is 8.83. The Morgan fingerprint density at radius 3 is 2.33 bits per heavy atom. The fraction of sp³-hybridized carbons (Fsp3) is 0.933. The Balaban J connectivity index is 1.80. The third kappa shape index (κ3) is 8.06. The van der Waals surface area contributed by atoms with E-state index in [0.717, 1.165) is 19.4 Å². The maximum absolute atomic E-state index is 11.2. The van der Waals surface area contributed by atoms with E-state index in [1.807, 2.05) is 0 Å². The summed E-state index contributed by atoms with van der Waals surface area (Å²) in [5.74, 6) is 0. The molecule has 3 heteroatoms. The number of unbranched alkanes of at least 4 members (excludes halogenated alkanes) is 7. The Kier molecular flexibility index (Phi) is 9.54. The molecule has 0 aromatic rings. The van der Waals surface area contributed by atoms with E-state index >= 15 is 0 Å². The van der Waals surface area contributed by atoms with E-state index in [4.69, 9.17) is 9.47 Å². The van der Waals surface area contributed by atoms with E-state index in [-0.39, 0.29) is 6.10 Å². The van der Waals surface area contributed by atoms with Crippen LogP contribution in [0.5, 0.6) is 0 Å². The van der Waals surface area contributed by atoms with Crippen LogP contribution in [0.15, 0.2) is 0 Å². The molecule has 1 aliphatic rings. The van der Waals surface area contributed by atoms with E-state index in [2.05, 4.69) is 6.92 Å². The van der Waals surface area contributed by atoms with Gasteiger partial charge in [-0.05, 0) is 6.42 Å². The summed E-state index contributed by atoms with van der Waals surface area (Å²) in [7, 11) is 0. The van der Waals surface area contributed by atoms with E-state index in [9.17, 15) is 5.11 Å². The lowest BCUT2D eigenvalue weighted by Gasteiger charge is -2.25. The Morgan fingerprint density at radius 2 is 1.67 bits per heavy atom. The van der Waals surface area contributed by atoms with Gasteiger partial charge >= 0.3 is 0 Å². The zero-order valence-electron chi connectivity index (χ0n) is 11.6. The predicted octanol–water partition coefficient (Wildman–Crippen LogP) is 3.55. The van der Waals surface area contributed by atoms with Crippen LogP contribution in [-0.2, 0) is 14.6 Å². The summed E-state index contributed by atoms with van der Waals surface area (Å²) in [6, 6.07) is 0. The summed E-state index contributed by atoms with van der Waals surface area (Å²) >= 11 is 0. The molecule has 1 saturated heterocycles. The minimum Gasteiger partial charge on any atom is -0.376 e. The van der Waals surface area contributed by atoms with Gasteiger partial charge in [0.05, 0.1) is 19.3 Å². The smallest absolute Gasteiger partial charge is 0.119 e. The molecule has 0 aromatic carbocycles. The Labute approximate surface area is 112 Å². The van der Waals surface area contributed by atoms with Crippen LogP contribution in [0.2, 0.25) is 0 Å². The second kappa shape index (κ2) is 10.8. The van der Waals surface area contributed by atoms with Crippen LogP contribution in [0, 0.1) is 6.92 Å². The second-order valence-electron chi connectivity index (χ2n) is 5.22. The van der Waals surface area contributed by atoms with Gasteiger partial charge in [0.2, 0.25) is 0 Å². The zero-order chi connectivity index (χ0) is 13.1. The van der Waals surface area contributed by atoms with Crippen LogP contribution in [0.25, 0.3) is 0 Å². The molecule has 0 bridgehead atoms. The largest absolute Gasteiger partial charge is 0.376 e. The lowest BCUT2D eigenvalue weighted by atomic mass is 10.1. The Bertz CT molecular complexity index is 185. The number of rotatable bonds is 10. The minimum absolute atomic E-state index is 0.0401. The second-order valence-corrected chi connectivity index (χ2v) is 5.22. The number of hydrogen-bond acceptors (Lipinski definition) is 2. The highest BCUT2D eigenvalue weighted by molar-refractivity contribution is 4.69. The van der Waals surface area contributed by atoms with Crippen LogP contribution in [0.1, 0.15) is 57.8 Å². The normalized spacial score (nSPS) is 24.3. The van der Waals surface area contributed by atoms with Crippen molar-refractivity contribution in [2.75, 3.05) is 19.8 Å². The summed E-state index contributed by atoms with van der Waals surface area (Å²) in [6.07, 6.45) is 10.0. The van der Waals surface area contributed by atoms with E-state index in [1.165, 1.54) is 38.5 Å². The van der Waals surface area contributed by atoms with Gasteiger partial charge in [0.15, 0.2) is 0 Å². The lowest BCUT2D eigenvalue weighted by molar-refractivity contribution is -0.117. The standard InChI is InChI=1S/C15H28O3/c1-2-3-4-5-6-7-8-9-10-18-15-11-14(16)12-17-13-15/h14-15H,1-13H2. The Morgan fingerprint density at radius 1 is 1.00 bits per heavy atom. The number of hydrogen-bond donors (Lipinski definition) is 0. The third-order valence-electron chi connectivity index (χ3n) is 3.38. The van der Waals surface area contributed by atoms with Crippen LogP contribution >= 0.6 is 0 Å². The molecule has 2 unspecified atom stereocenters. The molecule has 1 aliphatic heterocycles. The molecular weight excluding hydrogens is 228 g/mol. The summed E-state index contributed by atoms with van der Waals surface area (Å²) in [5.41, 5.74) is 0. The van der Waals surface area contributed by atoms with Crippen molar-refractivity contribution in [2.24, 2.45) is 0 Å². The molecule has 1 rings (SSSR count). The highest BCUT2D eigenvalue weighted by atomic mass is 16.5. The highest BCUT2D eigenvalue weighted by Gasteiger charge is 2.22. The van der Waals surface area contributed by atoms with Crippen molar-refractivity contribution in [3.8, 4) is 0 Å². The summed E-state index contributed by atoms with van der Waals surface area (Å²) in [6.45, 7) is 5.58. The topological polar surface area (TPSA) is 38.4 Å². The molecule has 2 atom stereocenters. The van der Waals surface area contributed by atoms with Crippen molar-refractivity contribution in [2.45, 2.75) is 70.0 Å². The predicted molar refractivity (Wildman–Crippen MR) is 71.9 cm³/mol. The Hall–Kier alpha value is -0.120. The minimum atomic E-state index is -0.586. The van der Waals surface area contributed by atoms with Gasteiger partial charge in [-0.3, -0.25) is 0 Å². The third-order valence-corrected chi connectivity index (χ3v) is 3.38. The maximum atomic E-state index is 11.2. The van der Waals surface area contributed by atoms with Gasteiger partial charge in [0.25, 0.3) is 0 Å². The fourth-order valence-electron chi connectivity index (χ4n) is 2.29. The van der Waals surface area contributed by atoms with Gasteiger partial charge in [-0.15, -0.1) is 0 Å². The van der Waals surface area contributed by atoms with Crippen molar-refractivity contribution >= 4 is 0 Å². The first-order valence-electron chi connectivity index (χ1n) is 7.47. The van der Waals surface area contributed by atoms with Gasteiger partial charge in [-0.1, -0.05) is 51.9 Å². The molecule has 0 spiro atoms. The van der Waals surface area contributed by atoms with Crippen molar-refractivity contribution in [1.29, 1.82) is 0 Å². The van der Waals surface area contributed by atoms with Gasteiger partial charge in [0.1, 0.15) is 6.10 Å². The molecule has 18 heavy (non-hydrogen) atoms. The molecular formula is C15H28O3. The molecule has 3 nitrogen and oxygen atoms in total. The van der Waals surface area contributed by atoms with E-state index in [1.54, 1.807) is 0 Å². The summed E-state index contributed by atoms with van der Waals surface area (Å²) < 4.78 is 10.9. The van der Waals surface area contributed by atoms with Crippen LogP contribution in [0.4, 0.5) is 0 Å². The van der Waals surface area contributed by atoms with Gasteiger partial charge in [0, 0.05) is 13.0 Å². The number of ether oxygens (including phenoxy) is 2. The molecule has 2 radical (unpaired) electrons. The van der Waals surface area contributed by atoms with Crippen molar-refractivity contribution in [1.82, 2.24) is 0 Å². The molecule has 0 N–H and O–H groups in total. The highest BCUT2D eigenvalue weighted by Crippen LogP contribution is 2.13.